The maximum Gasteiger partial charge on any atom is 0.0160 e. The van der Waals surface area contributed by atoms with Gasteiger partial charge in [0.05, 0.1) is 0 Å². The molecular formula is C41H36GeIrN4O-2. The summed E-state index contributed by atoms with van der Waals surface area (Å²) in [5.74, 6) is 8.05. The molecule has 0 saturated heterocycles. The summed E-state index contributed by atoms with van der Waals surface area (Å²) in [6, 6.07) is 41.5. The molecule has 0 aliphatic carbocycles. The van der Waals surface area contributed by atoms with Crippen molar-refractivity contribution in [2.45, 2.75) is 38.0 Å². The molecule has 0 aliphatic heterocycles. The molecule has 0 N–H and O–H groups in total. The summed E-state index contributed by atoms with van der Waals surface area (Å²) in [4.78, 5) is 14.3. The van der Waals surface area contributed by atoms with Gasteiger partial charge in [-0.1, -0.05) is 12.1 Å². The molecule has 5 nitrogen and oxygen atoms in total. The molecule has 0 amide bonds. The molecule has 241 valence electrons. The topological polar surface area (TPSA) is 56.7 Å². The third kappa shape index (κ3) is 6.28. The minimum Gasteiger partial charge on any atom is -0.305 e. The van der Waals surface area contributed by atoms with Crippen LogP contribution in [-0.2, 0) is 20.1 Å². The molecule has 4 aromatic carbocycles. The number of furan rings is 1. The van der Waals surface area contributed by atoms with Crippen molar-refractivity contribution < 1.29 is 24.5 Å². The van der Waals surface area contributed by atoms with E-state index in [0.717, 1.165) is 78.3 Å². The number of nitrogens with zero attached hydrogens (tertiary/aromatic N) is 4. The van der Waals surface area contributed by atoms with Crippen molar-refractivity contribution in [1.82, 2.24) is 19.5 Å². The standard InChI is InChI=1S/C30H28GeN3O.C11H8N.Ir/c1-18-19(2)32-20(3)28-27(18)33-30(34(28)22-11-8-7-9-12-22)25-14-10-13-24-23-16-15-21(31(4,5)6)17-26(23)35-29(24)25;1-2-6-10(7-3-1)11-8-4-5-9-12-11;/h7-13,15-17H,1-6H3;1-6,8-9H;/q2*-1;. The summed E-state index contributed by atoms with van der Waals surface area (Å²) >= 11 is -1.99. The van der Waals surface area contributed by atoms with Crippen molar-refractivity contribution in [2.75, 3.05) is 0 Å². The molecule has 1 radical (unpaired) electrons. The minimum atomic E-state index is -1.99. The second-order valence-corrected chi connectivity index (χ2v) is 23.5. The molecule has 0 saturated carbocycles. The van der Waals surface area contributed by atoms with E-state index in [-0.39, 0.29) is 20.1 Å². The van der Waals surface area contributed by atoms with Crippen LogP contribution in [0.2, 0.25) is 17.3 Å². The minimum absolute atomic E-state index is 0. The van der Waals surface area contributed by atoms with Gasteiger partial charge in [0, 0.05) is 26.3 Å². The van der Waals surface area contributed by atoms with Crippen LogP contribution in [0.15, 0.2) is 114 Å². The molecule has 0 spiro atoms. The molecule has 4 heterocycles. The van der Waals surface area contributed by atoms with E-state index in [4.69, 9.17) is 14.4 Å². The van der Waals surface area contributed by atoms with Gasteiger partial charge in [0.25, 0.3) is 0 Å². The number of benzene rings is 4. The van der Waals surface area contributed by atoms with Crippen LogP contribution in [0, 0.1) is 32.9 Å². The van der Waals surface area contributed by atoms with Crippen LogP contribution in [0.25, 0.3) is 61.3 Å². The van der Waals surface area contributed by atoms with Gasteiger partial charge < -0.3 is 4.98 Å². The van der Waals surface area contributed by atoms with Gasteiger partial charge in [0.1, 0.15) is 0 Å². The fourth-order valence-electron chi connectivity index (χ4n) is 6.02. The Morgan fingerprint density at radius 3 is 2.21 bits per heavy atom. The summed E-state index contributed by atoms with van der Waals surface area (Å²) < 4.78 is 10.2. The Balaban J connectivity index is 0.000000260. The average molecular weight is 866 g/mol. The summed E-state index contributed by atoms with van der Waals surface area (Å²) in [5, 5.41) is 2.23. The number of imidazole rings is 1. The second-order valence-electron chi connectivity index (χ2n) is 12.9. The van der Waals surface area contributed by atoms with Gasteiger partial charge in [-0.2, -0.15) is 0 Å². The van der Waals surface area contributed by atoms with Crippen molar-refractivity contribution in [1.29, 1.82) is 0 Å². The van der Waals surface area contributed by atoms with E-state index < -0.39 is 13.3 Å². The Kier molecular flexibility index (Phi) is 9.53. The van der Waals surface area contributed by atoms with E-state index in [2.05, 4.69) is 101 Å². The van der Waals surface area contributed by atoms with Crippen LogP contribution >= 0.6 is 0 Å². The number of hydrogen-bond acceptors (Lipinski definition) is 4. The van der Waals surface area contributed by atoms with E-state index in [1.165, 1.54) is 4.40 Å². The van der Waals surface area contributed by atoms with Crippen molar-refractivity contribution in [3.8, 4) is 28.3 Å². The number of aromatic nitrogens is 4. The number of aryl methyl sites for hydroxylation is 3. The van der Waals surface area contributed by atoms with Crippen LogP contribution in [0.1, 0.15) is 17.0 Å². The molecule has 0 fully saturated rings. The van der Waals surface area contributed by atoms with Gasteiger partial charge in [-0.25, -0.2) is 0 Å². The molecule has 7 heteroatoms. The van der Waals surface area contributed by atoms with Crippen molar-refractivity contribution >= 4 is 50.6 Å². The molecule has 48 heavy (non-hydrogen) atoms. The van der Waals surface area contributed by atoms with Gasteiger partial charge in [-0.15, -0.1) is 35.9 Å². The van der Waals surface area contributed by atoms with Crippen LogP contribution in [0.3, 0.4) is 0 Å². The Bertz CT molecular complexity index is 2320. The van der Waals surface area contributed by atoms with Gasteiger partial charge >= 0.3 is 208 Å². The van der Waals surface area contributed by atoms with Gasteiger partial charge in [0.2, 0.25) is 0 Å². The number of para-hydroxylation sites is 1. The number of rotatable bonds is 4. The Morgan fingerprint density at radius 2 is 1.50 bits per heavy atom. The van der Waals surface area contributed by atoms with Crippen molar-refractivity contribution in [3.63, 3.8) is 0 Å². The third-order valence-electron chi connectivity index (χ3n) is 8.64. The average Bonchev–Trinajstić information content (AvgIpc) is 3.68. The zero-order valence-electron chi connectivity index (χ0n) is 27.9. The van der Waals surface area contributed by atoms with Crippen molar-refractivity contribution in [3.05, 3.63) is 138 Å². The monoisotopic (exact) mass is 867 g/mol. The van der Waals surface area contributed by atoms with Crippen LogP contribution < -0.4 is 4.40 Å². The first kappa shape index (κ1) is 33.5. The Morgan fingerprint density at radius 1 is 0.729 bits per heavy atom. The second kappa shape index (κ2) is 13.6. The van der Waals surface area contributed by atoms with E-state index in [1.807, 2.05) is 61.5 Å². The number of hydrogen-bond donors (Lipinski definition) is 0. The fourth-order valence-corrected chi connectivity index (χ4v) is 8.43. The SMILES string of the molecule is Cc1nc(C)c2c(nc(-c3[c-]ccc4c3oc3c[c]([Ge]([CH3])([CH3])[CH3])ccc34)n2-c2ccccc2)c1C.[Ir].[c-]1ccccc1-c1ccccn1. The predicted molar refractivity (Wildman–Crippen MR) is 196 cm³/mol. The molecule has 0 unspecified atom stereocenters. The predicted octanol–water partition coefficient (Wildman–Crippen LogP) is 9.80. The third-order valence-corrected chi connectivity index (χ3v) is 12.9. The first-order valence-corrected chi connectivity index (χ1v) is 23.2. The van der Waals surface area contributed by atoms with E-state index >= 15 is 0 Å². The molecule has 8 rings (SSSR count). The van der Waals surface area contributed by atoms with Gasteiger partial charge in [0.15, 0.2) is 0 Å². The van der Waals surface area contributed by atoms with E-state index in [1.54, 1.807) is 6.20 Å². The summed E-state index contributed by atoms with van der Waals surface area (Å²) in [5.41, 5.74) is 10.7. The molecular weight excluding hydrogens is 829 g/mol. The first-order chi connectivity index (χ1) is 22.7. The molecule has 8 aromatic rings. The molecule has 0 atom stereocenters. The Labute approximate surface area is 297 Å². The maximum absolute atomic E-state index is 6.57. The number of fused-ring (bicyclic) bond motifs is 4. The normalized spacial score (nSPS) is 11.4. The smallest absolute Gasteiger partial charge is 0.0160 e. The summed E-state index contributed by atoms with van der Waals surface area (Å²) in [6.07, 6.45) is 1.79. The van der Waals surface area contributed by atoms with E-state index in [9.17, 15) is 0 Å². The van der Waals surface area contributed by atoms with Crippen LogP contribution in [-0.4, -0.2) is 32.8 Å². The molecule has 4 aromatic heterocycles. The first-order valence-electron chi connectivity index (χ1n) is 15.9. The van der Waals surface area contributed by atoms with Crippen LogP contribution in [0.4, 0.5) is 0 Å². The van der Waals surface area contributed by atoms with Gasteiger partial charge in [-0.05, 0) is 11.8 Å². The van der Waals surface area contributed by atoms with E-state index in [0.29, 0.717) is 0 Å². The van der Waals surface area contributed by atoms with Crippen molar-refractivity contribution in [2.24, 2.45) is 0 Å². The quantitative estimate of drug-likeness (QED) is 0.131. The zero-order valence-corrected chi connectivity index (χ0v) is 32.4. The summed E-state index contributed by atoms with van der Waals surface area (Å²) in [7, 11) is 0. The zero-order chi connectivity index (χ0) is 32.7. The largest absolute Gasteiger partial charge is 0.305 e. The Hall–Kier alpha value is -4.36. The molecule has 0 bridgehead atoms. The number of pyridine rings is 2. The maximum atomic E-state index is 6.57. The molecule has 0 aliphatic rings. The van der Waals surface area contributed by atoms with Crippen LogP contribution in [0.5, 0.6) is 0 Å². The fraction of sp³-hybridized carbons (Fsp3) is 0.146. The van der Waals surface area contributed by atoms with Gasteiger partial charge in [-0.3, -0.25) is 0 Å². The summed E-state index contributed by atoms with van der Waals surface area (Å²) in [6.45, 7) is 6.21.